The van der Waals surface area contributed by atoms with E-state index in [0.29, 0.717) is 0 Å². The summed E-state index contributed by atoms with van der Waals surface area (Å²) in [5.41, 5.74) is 0. The van der Waals surface area contributed by atoms with Gasteiger partial charge in [0.25, 0.3) is 0 Å². The molecule has 0 atom stereocenters. The molecule has 0 aromatic rings. The zero-order valence-electron chi connectivity index (χ0n) is 8.32. The summed E-state index contributed by atoms with van der Waals surface area (Å²) in [6.07, 6.45) is 0. The summed E-state index contributed by atoms with van der Waals surface area (Å²) in [5.74, 6) is -0.625. The lowest BCUT2D eigenvalue weighted by Gasteiger charge is -1.88. The molecule has 0 aromatic heterocycles. The number of imide groups is 1. The molecule has 68 valence electrons. The van der Waals surface area contributed by atoms with Crippen LogP contribution in [0.5, 0.6) is 0 Å². The molecule has 0 saturated heterocycles. The molecular weight excluding hydrogens is 142 g/mol. The van der Waals surface area contributed by atoms with E-state index >= 15 is 0 Å². The summed E-state index contributed by atoms with van der Waals surface area (Å²) in [5, 5.41) is 2.03. The van der Waals surface area contributed by atoms with Crippen molar-refractivity contribution < 1.29 is 9.59 Å². The fourth-order valence-corrected chi connectivity index (χ4v) is 0.248. The normalized spacial score (nSPS) is 6.00. The third kappa shape index (κ3) is 47.3. The lowest BCUT2D eigenvalue weighted by atomic mass is 10.6. The standard InChI is InChI=1S/C4H7NO2.2C2H6/c1-3(6)5-4(2)7;2*1-2/h1-2H3,(H,5,6,7);2*1-2H3. The smallest absolute Gasteiger partial charge is 0.223 e. The van der Waals surface area contributed by atoms with Gasteiger partial charge in [-0.05, 0) is 0 Å². The van der Waals surface area contributed by atoms with Gasteiger partial charge in [-0.25, -0.2) is 0 Å². The summed E-state index contributed by atoms with van der Waals surface area (Å²) < 4.78 is 0. The van der Waals surface area contributed by atoms with Crippen molar-refractivity contribution in [3.8, 4) is 0 Å². The summed E-state index contributed by atoms with van der Waals surface area (Å²) in [7, 11) is 0. The molecule has 0 saturated carbocycles. The van der Waals surface area contributed by atoms with Crippen LogP contribution >= 0.6 is 0 Å². The highest BCUT2D eigenvalue weighted by Gasteiger charge is 1.90. The number of hydrogen-bond acceptors (Lipinski definition) is 2. The number of carbonyl (C=O) groups is 2. The summed E-state index contributed by atoms with van der Waals surface area (Å²) >= 11 is 0. The van der Waals surface area contributed by atoms with E-state index in [0.717, 1.165) is 0 Å². The fourth-order valence-electron chi connectivity index (χ4n) is 0.248. The third-order valence-electron chi connectivity index (χ3n) is 0.352. The van der Waals surface area contributed by atoms with Gasteiger partial charge in [0, 0.05) is 13.8 Å². The van der Waals surface area contributed by atoms with E-state index in [1.807, 2.05) is 33.0 Å². The Bertz CT molecular complexity index is 88.3. The first-order valence-electron chi connectivity index (χ1n) is 3.91. The van der Waals surface area contributed by atoms with Gasteiger partial charge in [-0.2, -0.15) is 0 Å². The Morgan fingerprint density at radius 2 is 1.00 bits per heavy atom. The van der Waals surface area contributed by atoms with Gasteiger partial charge >= 0.3 is 0 Å². The molecule has 0 aliphatic carbocycles. The number of rotatable bonds is 0. The van der Waals surface area contributed by atoms with Gasteiger partial charge in [0.2, 0.25) is 11.8 Å². The second-order valence-corrected chi connectivity index (χ2v) is 1.24. The molecule has 0 radical (unpaired) electrons. The first kappa shape index (κ1) is 16.6. The minimum atomic E-state index is -0.312. The monoisotopic (exact) mass is 161 g/mol. The van der Waals surface area contributed by atoms with Crippen LogP contribution in [0.2, 0.25) is 0 Å². The average molecular weight is 161 g/mol. The number of hydrogen-bond donors (Lipinski definition) is 1. The SMILES string of the molecule is CC.CC.CC(=O)NC(C)=O. The maximum absolute atomic E-state index is 9.92. The Morgan fingerprint density at radius 1 is 0.818 bits per heavy atom. The van der Waals surface area contributed by atoms with E-state index in [2.05, 4.69) is 0 Å². The highest BCUT2D eigenvalue weighted by molar-refractivity contribution is 5.92. The maximum Gasteiger partial charge on any atom is 0.223 e. The van der Waals surface area contributed by atoms with Crippen LogP contribution in [0.4, 0.5) is 0 Å². The molecule has 0 fully saturated rings. The van der Waals surface area contributed by atoms with Gasteiger partial charge in [-0.3, -0.25) is 14.9 Å². The topological polar surface area (TPSA) is 46.2 Å². The Morgan fingerprint density at radius 3 is 1.00 bits per heavy atom. The quantitative estimate of drug-likeness (QED) is 0.588. The first-order valence-corrected chi connectivity index (χ1v) is 3.91. The van der Waals surface area contributed by atoms with Crippen molar-refractivity contribution in [2.45, 2.75) is 41.5 Å². The van der Waals surface area contributed by atoms with Crippen molar-refractivity contribution in [1.29, 1.82) is 0 Å². The van der Waals surface area contributed by atoms with Crippen LogP contribution in [0.1, 0.15) is 41.5 Å². The molecule has 0 aliphatic heterocycles. The van der Waals surface area contributed by atoms with Crippen LogP contribution < -0.4 is 5.32 Å². The van der Waals surface area contributed by atoms with E-state index in [1.54, 1.807) is 0 Å². The van der Waals surface area contributed by atoms with Crippen LogP contribution in [0, 0.1) is 0 Å². The van der Waals surface area contributed by atoms with E-state index in [-0.39, 0.29) is 11.8 Å². The van der Waals surface area contributed by atoms with Crippen LogP contribution in [0.25, 0.3) is 0 Å². The maximum atomic E-state index is 9.92. The molecule has 3 nitrogen and oxygen atoms in total. The van der Waals surface area contributed by atoms with Crippen LogP contribution in [0.3, 0.4) is 0 Å². The van der Waals surface area contributed by atoms with Crippen molar-refractivity contribution in [3.05, 3.63) is 0 Å². The van der Waals surface area contributed by atoms with E-state index < -0.39 is 0 Å². The number of amides is 2. The van der Waals surface area contributed by atoms with Crippen molar-refractivity contribution >= 4 is 11.8 Å². The van der Waals surface area contributed by atoms with Gasteiger partial charge in [-0.15, -0.1) is 0 Å². The number of nitrogens with one attached hydrogen (secondary N) is 1. The van der Waals surface area contributed by atoms with Gasteiger partial charge in [-0.1, -0.05) is 27.7 Å². The molecule has 2 amide bonds. The minimum Gasteiger partial charge on any atom is -0.297 e. The van der Waals surface area contributed by atoms with Gasteiger partial charge < -0.3 is 0 Å². The zero-order chi connectivity index (χ0) is 9.86. The Hall–Kier alpha value is -0.860. The van der Waals surface area contributed by atoms with Crippen LogP contribution in [-0.2, 0) is 9.59 Å². The number of carbonyl (C=O) groups excluding carboxylic acids is 2. The Balaban J connectivity index is -0.000000138. The largest absolute Gasteiger partial charge is 0.297 e. The first-order chi connectivity index (χ1) is 5.13. The van der Waals surface area contributed by atoms with Crippen molar-refractivity contribution in [2.24, 2.45) is 0 Å². The van der Waals surface area contributed by atoms with Gasteiger partial charge in [0.05, 0.1) is 0 Å². The molecular formula is C8H19NO2. The predicted molar refractivity (Wildman–Crippen MR) is 47.2 cm³/mol. The lowest BCUT2D eigenvalue weighted by molar-refractivity contribution is -0.127. The molecule has 0 rings (SSSR count). The fraction of sp³-hybridized carbons (Fsp3) is 0.750. The van der Waals surface area contributed by atoms with Gasteiger partial charge in [0.1, 0.15) is 0 Å². The van der Waals surface area contributed by atoms with Gasteiger partial charge in [0.15, 0.2) is 0 Å². The second kappa shape index (κ2) is 16.1. The highest BCUT2D eigenvalue weighted by Crippen LogP contribution is 1.58. The van der Waals surface area contributed by atoms with E-state index in [9.17, 15) is 9.59 Å². The predicted octanol–water partition coefficient (Wildman–Crippen LogP) is 1.72. The zero-order valence-corrected chi connectivity index (χ0v) is 8.32. The average Bonchev–Trinajstić information content (AvgIpc) is 1.93. The van der Waals surface area contributed by atoms with E-state index in [4.69, 9.17) is 0 Å². The molecule has 0 aromatic carbocycles. The molecule has 11 heavy (non-hydrogen) atoms. The Labute approximate surface area is 69.2 Å². The molecule has 0 bridgehead atoms. The molecule has 0 aliphatic rings. The minimum absolute atomic E-state index is 0.312. The van der Waals surface area contributed by atoms with Crippen LogP contribution in [0.15, 0.2) is 0 Å². The third-order valence-corrected chi connectivity index (χ3v) is 0.352. The molecule has 3 heteroatoms. The van der Waals surface area contributed by atoms with Crippen molar-refractivity contribution in [3.63, 3.8) is 0 Å². The van der Waals surface area contributed by atoms with Crippen molar-refractivity contribution in [1.82, 2.24) is 5.32 Å². The van der Waals surface area contributed by atoms with E-state index in [1.165, 1.54) is 13.8 Å². The van der Waals surface area contributed by atoms with Crippen molar-refractivity contribution in [2.75, 3.05) is 0 Å². The molecule has 0 unspecified atom stereocenters. The van der Waals surface area contributed by atoms with Crippen LogP contribution in [-0.4, -0.2) is 11.8 Å². The Kier molecular flexibility index (Phi) is 24.3. The summed E-state index contributed by atoms with van der Waals surface area (Å²) in [6.45, 7) is 10.6. The molecule has 1 N–H and O–H groups in total. The molecule has 0 spiro atoms. The highest BCUT2D eigenvalue weighted by atomic mass is 16.2. The second-order valence-electron chi connectivity index (χ2n) is 1.24. The molecule has 0 heterocycles. The summed E-state index contributed by atoms with van der Waals surface area (Å²) in [4.78, 5) is 19.8. The lowest BCUT2D eigenvalue weighted by Crippen LogP contribution is -2.24. The summed E-state index contributed by atoms with van der Waals surface area (Å²) in [6, 6.07) is 0.